The molecule has 30 heavy (non-hydrogen) atoms. The van der Waals surface area contributed by atoms with Crippen LogP contribution in [0.2, 0.25) is 0 Å². The monoisotopic (exact) mass is 419 g/mol. The van der Waals surface area contributed by atoms with Gasteiger partial charge in [-0.25, -0.2) is 0 Å². The minimum Gasteiger partial charge on any atom is -0.493 e. The van der Waals surface area contributed by atoms with Gasteiger partial charge in [-0.1, -0.05) is 24.3 Å². The molecular formula is C23H24F3NO3. The van der Waals surface area contributed by atoms with E-state index in [2.05, 4.69) is 0 Å². The molecule has 0 aromatic heterocycles. The molecule has 160 valence electrons. The smallest absolute Gasteiger partial charge is 0.416 e. The molecule has 4 nitrogen and oxygen atoms in total. The van der Waals surface area contributed by atoms with Crippen molar-refractivity contribution in [2.75, 3.05) is 20.8 Å². The van der Waals surface area contributed by atoms with E-state index in [0.29, 0.717) is 24.5 Å². The van der Waals surface area contributed by atoms with Gasteiger partial charge < -0.3 is 14.4 Å². The lowest BCUT2D eigenvalue weighted by atomic mass is 10.0. The largest absolute Gasteiger partial charge is 0.493 e. The van der Waals surface area contributed by atoms with E-state index in [1.807, 2.05) is 23.1 Å². The lowest BCUT2D eigenvalue weighted by Crippen LogP contribution is -2.32. The molecule has 0 N–H and O–H groups in total. The zero-order valence-electron chi connectivity index (χ0n) is 16.9. The van der Waals surface area contributed by atoms with Crippen LogP contribution in [0.4, 0.5) is 13.2 Å². The van der Waals surface area contributed by atoms with E-state index in [1.165, 1.54) is 12.1 Å². The van der Waals surface area contributed by atoms with Gasteiger partial charge in [0, 0.05) is 12.5 Å². The summed E-state index contributed by atoms with van der Waals surface area (Å²) in [5.41, 5.74) is 0.541. The van der Waals surface area contributed by atoms with Crippen molar-refractivity contribution in [3.63, 3.8) is 0 Å². The fourth-order valence-corrected chi connectivity index (χ4v) is 4.54. The summed E-state index contributed by atoms with van der Waals surface area (Å²) < 4.78 is 50.8. The number of benzene rings is 2. The number of amides is 1. The number of methoxy groups -OCH3 is 2. The summed E-state index contributed by atoms with van der Waals surface area (Å²) in [5.74, 6) is 0.381. The highest BCUT2D eigenvalue weighted by molar-refractivity contribution is 5.84. The predicted molar refractivity (Wildman–Crippen MR) is 106 cm³/mol. The zero-order chi connectivity index (χ0) is 21.5. The van der Waals surface area contributed by atoms with Crippen molar-refractivity contribution in [1.29, 1.82) is 0 Å². The quantitative estimate of drug-likeness (QED) is 0.670. The molecule has 0 bridgehead atoms. The fraction of sp³-hybridized carbons (Fsp3) is 0.435. The molecule has 1 amide bonds. The molecule has 2 aliphatic rings. The number of likely N-dealkylation sites (tertiary alicyclic amines) is 1. The number of halogens is 3. The highest BCUT2D eigenvalue weighted by Gasteiger charge is 2.50. The van der Waals surface area contributed by atoms with Crippen LogP contribution in [0.3, 0.4) is 0 Å². The third kappa shape index (κ3) is 3.73. The number of carbonyl (C=O) groups excluding carboxylic acids is 1. The average Bonchev–Trinajstić information content (AvgIpc) is 3.39. The Hall–Kier alpha value is -2.70. The second-order valence-corrected chi connectivity index (χ2v) is 7.84. The maximum atomic E-state index is 13.4. The first-order valence-electron chi connectivity index (χ1n) is 10.0. The lowest BCUT2D eigenvalue weighted by Gasteiger charge is -2.26. The molecule has 2 aromatic rings. The summed E-state index contributed by atoms with van der Waals surface area (Å²) in [4.78, 5) is 15.0. The number of carbonyl (C=O) groups is 1. The van der Waals surface area contributed by atoms with Crippen molar-refractivity contribution < 1.29 is 27.4 Å². The van der Waals surface area contributed by atoms with Crippen LogP contribution in [-0.2, 0) is 11.0 Å². The molecule has 1 heterocycles. The predicted octanol–water partition coefficient (Wildman–Crippen LogP) is 5.19. The number of hydrogen-bond acceptors (Lipinski definition) is 3. The van der Waals surface area contributed by atoms with Crippen molar-refractivity contribution in [3.05, 3.63) is 59.2 Å². The molecule has 7 heteroatoms. The van der Waals surface area contributed by atoms with Crippen LogP contribution in [0.25, 0.3) is 0 Å². The Morgan fingerprint density at radius 2 is 1.80 bits per heavy atom. The molecule has 3 unspecified atom stereocenters. The van der Waals surface area contributed by atoms with Gasteiger partial charge in [-0.3, -0.25) is 4.79 Å². The summed E-state index contributed by atoms with van der Waals surface area (Å²) in [5, 5.41) is 0. The van der Waals surface area contributed by atoms with Crippen molar-refractivity contribution in [2.24, 2.45) is 5.92 Å². The summed E-state index contributed by atoms with van der Waals surface area (Å²) in [6, 6.07) is 11.1. The topological polar surface area (TPSA) is 38.8 Å². The Morgan fingerprint density at radius 3 is 2.50 bits per heavy atom. The molecule has 3 atom stereocenters. The summed E-state index contributed by atoms with van der Waals surface area (Å²) in [6.45, 7) is 0.613. The Bertz CT molecular complexity index is 944. The number of alkyl halides is 3. The molecule has 0 spiro atoms. The van der Waals surface area contributed by atoms with Gasteiger partial charge in [0.25, 0.3) is 0 Å². The van der Waals surface area contributed by atoms with Crippen molar-refractivity contribution in [1.82, 2.24) is 4.90 Å². The molecular weight excluding hydrogens is 395 g/mol. The van der Waals surface area contributed by atoms with Gasteiger partial charge in [0.2, 0.25) is 5.91 Å². The molecule has 0 radical (unpaired) electrons. The van der Waals surface area contributed by atoms with E-state index in [-0.39, 0.29) is 23.4 Å². The van der Waals surface area contributed by atoms with Crippen molar-refractivity contribution >= 4 is 5.91 Å². The van der Waals surface area contributed by atoms with Gasteiger partial charge in [0.05, 0.1) is 25.8 Å². The average molecular weight is 419 g/mol. The van der Waals surface area contributed by atoms with Gasteiger partial charge in [0.15, 0.2) is 11.5 Å². The second kappa shape index (κ2) is 7.85. The van der Waals surface area contributed by atoms with Crippen LogP contribution in [-0.4, -0.2) is 31.6 Å². The first-order chi connectivity index (χ1) is 14.3. The van der Waals surface area contributed by atoms with Crippen LogP contribution >= 0.6 is 0 Å². The van der Waals surface area contributed by atoms with E-state index < -0.39 is 17.7 Å². The Kier molecular flexibility index (Phi) is 5.38. The first kappa shape index (κ1) is 20.6. The Morgan fingerprint density at radius 1 is 1.07 bits per heavy atom. The molecule has 2 fully saturated rings. The van der Waals surface area contributed by atoms with Crippen molar-refractivity contribution in [3.8, 4) is 11.5 Å². The van der Waals surface area contributed by atoms with Crippen LogP contribution < -0.4 is 9.47 Å². The van der Waals surface area contributed by atoms with Gasteiger partial charge in [0.1, 0.15) is 0 Å². The highest BCUT2D eigenvalue weighted by Crippen LogP contribution is 2.53. The van der Waals surface area contributed by atoms with Crippen LogP contribution in [0.1, 0.15) is 47.9 Å². The second-order valence-electron chi connectivity index (χ2n) is 7.84. The minimum atomic E-state index is -4.41. The third-order valence-electron chi connectivity index (χ3n) is 6.10. The van der Waals surface area contributed by atoms with E-state index in [1.54, 1.807) is 20.3 Å². The standard InChI is InChI=1S/C23H24F3NO3/c1-29-20-10-9-14(12-21(20)30-2)19-8-5-11-27(19)22(28)17-13-16(17)15-6-3-4-7-18(15)23(24,25)26/h3-4,6-7,9-10,12,16-17,19H,5,8,11,13H2,1-2H3. The molecule has 1 aliphatic heterocycles. The summed E-state index contributed by atoms with van der Waals surface area (Å²) in [6.07, 6.45) is -2.28. The number of ether oxygens (including phenoxy) is 2. The summed E-state index contributed by atoms with van der Waals surface area (Å²) >= 11 is 0. The highest BCUT2D eigenvalue weighted by atomic mass is 19.4. The number of hydrogen-bond donors (Lipinski definition) is 0. The Labute approximate surface area is 173 Å². The maximum Gasteiger partial charge on any atom is 0.416 e. The lowest BCUT2D eigenvalue weighted by molar-refractivity contribution is -0.139. The van der Waals surface area contributed by atoms with Crippen LogP contribution in [0, 0.1) is 5.92 Å². The fourth-order valence-electron chi connectivity index (χ4n) is 4.54. The van der Waals surface area contributed by atoms with Gasteiger partial charge in [-0.05, 0) is 54.5 Å². The normalized spacial score (nSPS) is 23.4. The Balaban J connectivity index is 1.54. The number of rotatable bonds is 5. The van der Waals surface area contributed by atoms with E-state index in [0.717, 1.165) is 24.5 Å². The zero-order valence-corrected chi connectivity index (χ0v) is 16.9. The van der Waals surface area contributed by atoms with E-state index >= 15 is 0 Å². The first-order valence-corrected chi connectivity index (χ1v) is 10.0. The molecule has 2 aromatic carbocycles. The SMILES string of the molecule is COc1ccc(C2CCCN2C(=O)C2CC2c2ccccc2C(F)(F)F)cc1OC. The van der Waals surface area contributed by atoms with Crippen molar-refractivity contribution in [2.45, 2.75) is 37.4 Å². The van der Waals surface area contributed by atoms with Crippen LogP contribution in [0.5, 0.6) is 11.5 Å². The minimum absolute atomic E-state index is 0.0609. The maximum absolute atomic E-state index is 13.4. The van der Waals surface area contributed by atoms with E-state index in [9.17, 15) is 18.0 Å². The molecule has 1 saturated heterocycles. The van der Waals surface area contributed by atoms with Gasteiger partial charge >= 0.3 is 6.18 Å². The molecule has 1 saturated carbocycles. The van der Waals surface area contributed by atoms with E-state index in [4.69, 9.17) is 9.47 Å². The summed E-state index contributed by atoms with van der Waals surface area (Å²) in [7, 11) is 3.13. The van der Waals surface area contributed by atoms with Gasteiger partial charge in [-0.15, -0.1) is 0 Å². The van der Waals surface area contributed by atoms with Crippen LogP contribution in [0.15, 0.2) is 42.5 Å². The van der Waals surface area contributed by atoms with Gasteiger partial charge in [-0.2, -0.15) is 13.2 Å². The number of nitrogens with zero attached hydrogens (tertiary/aromatic N) is 1. The molecule has 4 rings (SSSR count). The molecule has 1 aliphatic carbocycles. The third-order valence-corrected chi connectivity index (χ3v) is 6.10.